The first kappa shape index (κ1) is 17.1. The molecule has 1 atom stereocenters. The summed E-state index contributed by atoms with van der Waals surface area (Å²) in [6.45, 7) is 0. The van der Waals surface area contributed by atoms with Crippen molar-refractivity contribution in [2.45, 2.75) is 0 Å². The molecule has 0 bridgehead atoms. The minimum Gasteiger partial charge on any atom is -0.276 e. The summed E-state index contributed by atoms with van der Waals surface area (Å²) < 4.78 is 0. The molecule has 126 valence electrons. The normalized spacial score (nSPS) is 17.9. The molecule has 1 N–H and O–H groups in total. The van der Waals surface area contributed by atoms with Crippen molar-refractivity contribution in [2.75, 3.05) is 4.90 Å². The molecule has 0 aromatic heterocycles. The third kappa shape index (κ3) is 3.70. The van der Waals surface area contributed by atoms with Gasteiger partial charge in [0.05, 0.1) is 11.4 Å². The highest BCUT2D eigenvalue weighted by Gasteiger charge is 2.40. The van der Waals surface area contributed by atoms with Crippen molar-refractivity contribution >= 4 is 58.6 Å². The molecule has 25 heavy (non-hydrogen) atoms. The van der Waals surface area contributed by atoms with Gasteiger partial charge < -0.3 is 0 Å². The van der Waals surface area contributed by atoms with Crippen LogP contribution < -0.4 is 10.2 Å². The number of carbonyl (C=O) groups is 3. The molecule has 3 rings (SSSR count). The van der Waals surface area contributed by atoms with E-state index in [0.717, 1.165) is 4.90 Å². The Morgan fingerprint density at radius 1 is 0.920 bits per heavy atom. The fraction of sp³-hybridized carbons (Fsp3) is 0.0588. The van der Waals surface area contributed by atoms with Gasteiger partial charge in [-0.15, -0.1) is 0 Å². The number of barbiturate groups is 1. The predicted octanol–water partition coefficient (Wildman–Crippen LogP) is 3.59. The van der Waals surface area contributed by atoms with Crippen LogP contribution in [0.1, 0.15) is 0 Å². The molecule has 1 aliphatic rings. The van der Waals surface area contributed by atoms with Gasteiger partial charge in [-0.2, -0.15) is 0 Å². The van der Waals surface area contributed by atoms with Crippen LogP contribution >= 0.6 is 23.2 Å². The highest BCUT2D eigenvalue weighted by Crippen LogP contribution is 2.23. The van der Waals surface area contributed by atoms with Crippen molar-refractivity contribution in [1.29, 1.82) is 0 Å². The molecule has 8 heteroatoms. The fourth-order valence-corrected chi connectivity index (χ4v) is 2.50. The van der Waals surface area contributed by atoms with Crippen LogP contribution in [0.25, 0.3) is 0 Å². The topological polar surface area (TPSA) is 78.8 Å². The maximum absolute atomic E-state index is 12.6. The van der Waals surface area contributed by atoms with E-state index in [2.05, 4.69) is 10.3 Å². The monoisotopic (exact) mass is 375 g/mol. The number of hydrogen-bond acceptors (Lipinski definition) is 4. The van der Waals surface area contributed by atoms with Crippen LogP contribution in [0.2, 0.25) is 10.0 Å². The number of nitrogens with one attached hydrogen (secondary N) is 1. The lowest BCUT2D eigenvalue weighted by Gasteiger charge is -2.28. The minimum atomic E-state index is -1.22. The van der Waals surface area contributed by atoms with Gasteiger partial charge in [0.15, 0.2) is 5.92 Å². The van der Waals surface area contributed by atoms with Gasteiger partial charge in [0.2, 0.25) is 5.91 Å². The molecule has 4 amide bonds. The zero-order valence-corrected chi connectivity index (χ0v) is 14.2. The van der Waals surface area contributed by atoms with E-state index in [1.54, 1.807) is 36.4 Å². The summed E-state index contributed by atoms with van der Waals surface area (Å²) in [4.78, 5) is 41.7. The van der Waals surface area contributed by atoms with Gasteiger partial charge >= 0.3 is 6.03 Å². The maximum Gasteiger partial charge on any atom is 0.335 e. The SMILES string of the molecule is O=C1NC(=O)N(c2ccc(Cl)cc2)C(=O)[C@@H]1C=Nc1ccc(Cl)cc1. The van der Waals surface area contributed by atoms with Crippen molar-refractivity contribution in [2.24, 2.45) is 10.9 Å². The average Bonchev–Trinajstić information content (AvgIpc) is 2.57. The second-order valence-electron chi connectivity index (χ2n) is 5.18. The first-order valence-electron chi connectivity index (χ1n) is 7.20. The Labute approximate surface area is 153 Å². The van der Waals surface area contributed by atoms with Crippen molar-refractivity contribution in [1.82, 2.24) is 5.32 Å². The highest BCUT2D eigenvalue weighted by atomic mass is 35.5. The van der Waals surface area contributed by atoms with Crippen LogP contribution in [0.3, 0.4) is 0 Å². The Bertz CT molecular complexity index is 864. The van der Waals surface area contributed by atoms with E-state index in [1.165, 1.54) is 18.3 Å². The Morgan fingerprint density at radius 3 is 2.08 bits per heavy atom. The Morgan fingerprint density at radius 2 is 1.48 bits per heavy atom. The fourth-order valence-electron chi connectivity index (χ4n) is 2.24. The second-order valence-corrected chi connectivity index (χ2v) is 6.05. The lowest BCUT2D eigenvalue weighted by molar-refractivity contribution is -0.131. The summed E-state index contributed by atoms with van der Waals surface area (Å²) in [6.07, 6.45) is 1.20. The van der Waals surface area contributed by atoms with Gasteiger partial charge in [-0.25, -0.2) is 9.69 Å². The van der Waals surface area contributed by atoms with Crippen molar-refractivity contribution in [3.8, 4) is 0 Å². The number of nitrogens with zero attached hydrogens (tertiary/aromatic N) is 2. The summed E-state index contributed by atoms with van der Waals surface area (Å²) in [5.41, 5.74) is 0.837. The van der Waals surface area contributed by atoms with Crippen LogP contribution in [0.5, 0.6) is 0 Å². The van der Waals surface area contributed by atoms with Gasteiger partial charge in [0.25, 0.3) is 5.91 Å². The molecule has 0 unspecified atom stereocenters. The maximum atomic E-state index is 12.6. The number of carbonyl (C=O) groups excluding carboxylic acids is 3. The lowest BCUT2D eigenvalue weighted by atomic mass is 10.1. The van der Waals surface area contributed by atoms with Crippen molar-refractivity contribution in [3.05, 3.63) is 58.6 Å². The molecule has 0 radical (unpaired) electrons. The van der Waals surface area contributed by atoms with Gasteiger partial charge in [0, 0.05) is 16.3 Å². The standard InChI is InChI=1S/C17H11Cl2N3O3/c18-10-1-5-12(6-2-10)20-9-14-15(23)21-17(25)22(16(14)24)13-7-3-11(19)4-8-13/h1-9,14H,(H,21,23,25)/t14-/m1/s1. The van der Waals surface area contributed by atoms with E-state index in [-0.39, 0.29) is 0 Å². The molecule has 0 spiro atoms. The van der Waals surface area contributed by atoms with E-state index in [9.17, 15) is 14.4 Å². The zero-order chi connectivity index (χ0) is 18.0. The first-order chi connectivity index (χ1) is 12.0. The molecule has 1 aliphatic heterocycles. The Balaban J connectivity index is 1.87. The van der Waals surface area contributed by atoms with Crippen LogP contribution in [-0.2, 0) is 9.59 Å². The van der Waals surface area contributed by atoms with Gasteiger partial charge in [-0.1, -0.05) is 23.2 Å². The number of aliphatic imine (C=N–C) groups is 1. The number of benzene rings is 2. The molecule has 1 fully saturated rings. The Kier molecular flexibility index (Phi) is 4.83. The summed E-state index contributed by atoms with van der Waals surface area (Å²) in [5, 5.41) is 3.16. The van der Waals surface area contributed by atoms with E-state index < -0.39 is 23.8 Å². The van der Waals surface area contributed by atoms with Gasteiger partial charge in [-0.05, 0) is 48.5 Å². The van der Waals surface area contributed by atoms with E-state index in [4.69, 9.17) is 23.2 Å². The van der Waals surface area contributed by atoms with Crippen LogP contribution in [0.4, 0.5) is 16.2 Å². The third-order valence-corrected chi connectivity index (χ3v) is 3.99. The summed E-state index contributed by atoms with van der Waals surface area (Å²) >= 11 is 11.6. The lowest BCUT2D eigenvalue weighted by Crippen LogP contribution is -2.58. The number of halogens is 2. The summed E-state index contributed by atoms with van der Waals surface area (Å²) in [6, 6.07) is 11.9. The second kappa shape index (κ2) is 7.04. The average molecular weight is 376 g/mol. The molecule has 0 aliphatic carbocycles. The number of anilines is 1. The number of urea groups is 1. The highest BCUT2D eigenvalue weighted by molar-refractivity contribution is 6.33. The zero-order valence-electron chi connectivity index (χ0n) is 12.6. The Hall–Kier alpha value is -2.70. The van der Waals surface area contributed by atoms with Gasteiger partial charge in [-0.3, -0.25) is 19.9 Å². The summed E-state index contributed by atoms with van der Waals surface area (Å²) in [5.74, 6) is -2.63. The first-order valence-corrected chi connectivity index (χ1v) is 7.95. The number of rotatable bonds is 3. The van der Waals surface area contributed by atoms with E-state index >= 15 is 0 Å². The predicted molar refractivity (Wildman–Crippen MR) is 95.6 cm³/mol. The van der Waals surface area contributed by atoms with Crippen LogP contribution in [-0.4, -0.2) is 24.1 Å². The number of amides is 4. The molecule has 2 aromatic carbocycles. The smallest absolute Gasteiger partial charge is 0.276 e. The van der Waals surface area contributed by atoms with E-state index in [0.29, 0.717) is 21.4 Å². The molecular weight excluding hydrogens is 365 g/mol. The number of hydrogen-bond donors (Lipinski definition) is 1. The molecule has 1 heterocycles. The minimum absolute atomic E-state index is 0.310. The van der Waals surface area contributed by atoms with Crippen molar-refractivity contribution in [3.63, 3.8) is 0 Å². The summed E-state index contributed by atoms with van der Waals surface area (Å²) in [7, 11) is 0. The molecule has 1 saturated heterocycles. The number of imide groups is 2. The largest absolute Gasteiger partial charge is 0.335 e. The van der Waals surface area contributed by atoms with Crippen molar-refractivity contribution < 1.29 is 14.4 Å². The third-order valence-electron chi connectivity index (χ3n) is 3.49. The van der Waals surface area contributed by atoms with Crippen LogP contribution in [0, 0.1) is 5.92 Å². The quantitative estimate of drug-likeness (QED) is 0.657. The molecule has 0 saturated carbocycles. The molecular formula is C17H11Cl2N3O3. The van der Waals surface area contributed by atoms with E-state index in [1.807, 2.05) is 0 Å². The van der Waals surface area contributed by atoms with Crippen LogP contribution in [0.15, 0.2) is 53.5 Å². The molecule has 2 aromatic rings. The molecule has 6 nitrogen and oxygen atoms in total. The van der Waals surface area contributed by atoms with Gasteiger partial charge in [0.1, 0.15) is 0 Å².